The van der Waals surface area contributed by atoms with E-state index in [2.05, 4.69) is 4.90 Å². The summed E-state index contributed by atoms with van der Waals surface area (Å²) >= 11 is 0. The van der Waals surface area contributed by atoms with Crippen molar-refractivity contribution in [1.29, 1.82) is 0 Å². The van der Waals surface area contributed by atoms with Gasteiger partial charge < -0.3 is 10.0 Å². The van der Waals surface area contributed by atoms with Gasteiger partial charge in [-0.05, 0) is 13.5 Å². The average Bonchev–Trinajstić information content (AvgIpc) is 2.34. The minimum Gasteiger partial charge on any atom is -0.381 e. The van der Waals surface area contributed by atoms with Gasteiger partial charge >= 0.3 is 0 Å². The Labute approximate surface area is 102 Å². The molecular formula is C14H19NO2. The first-order valence-electron chi connectivity index (χ1n) is 6.05. The van der Waals surface area contributed by atoms with Gasteiger partial charge in [-0.2, -0.15) is 0 Å². The zero-order chi connectivity index (χ0) is 12.5. The van der Waals surface area contributed by atoms with Crippen molar-refractivity contribution in [2.45, 2.75) is 18.9 Å². The third-order valence-corrected chi connectivity index (χ3v) is 3.70. The zero-order valence-electron chi connectivity index (χ0n) is 10.4. The molecule has 0 aromatic heterocycles. The molecule has 0 amide bonds. The Hall–Kier alpha value is -1.19. The Morgan fingerprint density at radius 3 is 2.65 bits per heavy atom. The maximum atomic E-state index is 12.4. The molecule has 1 aromatic rings. The van der Waals surface area contributed by atoms with Crippen LogP contribution in [0.15, 0.2) is 30.3 Å². The molecule has 17 heavy (non-hydrogen) atoms. The molecule has 92 valence electrons. The van der Waals surface area contributed by atoms with Crippen molar-refractivity contribution < 1.29 is 9.90 Å². The quantitative estimate of drug-likeness (QED) is 0.788. The number of likely N-dealkylation sites (tertiary alicyclic amines) is 1. The summed E-state index contributed by atoms with van der Waals surface area (Å²) in [5.74, 6) is -0.173. The molecule has 1 aliphatic rings. The third kappa shape index (κ3) is 2.26. The number of carbonyl (C=O) groups excluding carboxylic acids is 1. The first-order chi connectivity index (χ1) is 8.04. The maximum Gasteiger partial charge on any atom is 0.194 e. The fraction of sp³-hybridized carbons (Fsp3) is 0.500. The lowest BCUT2D eigenvalue weighted by Gasteiger charge is -2.40. The number of hydrogen-bond acceptors (Lipinski definition) is 3. The highest BCUT2D eigenvalue weighted by Gasteiger charge is 2.44. The van der Waals surface area contributed by atoms with Gasteiger partial charge in [-0.3, -0.25) is 4.79 Å². The van der Waals surface area contributed by atoms with Crippen molar-refractivity contribution in [3.63, 3.8) is 0 Å². The second-order valence-electron chi connectivity index (χ2n) is 5.03. The van der Waals surface area contributed by atoms with Gasteiger partial charge in [0.1, 0.15) is 5.60 Å². The van der Waals surface area contributed by atoms with E-state index in [4.69, 9.17) is 0 Å². The van der Waals surface area contributed by atoms with Gasteiger partial charge in [-0.25, -0.2) is 0 Å². The highest BCUT2D eigenvalue weighted by molar-refractivity contribution is 6.02. The lowest BCUT2D eigenvalue weighted by Crippen LogP contribution is -2.54. The van der Waals surface area contributed by atoms with Gasteiger partial charge in [-0.1, -0.05) is 37.3 Å². The van der Waals surface area contributed by atoms with Crippen LogP contribution in [-0.4, -0.2) is 41.5 Å². The SMILES string of the molecule is CC1CN(C)CCC1(O)C(=O)c1ccccc1. The van der Waals surface area contributed by atoms with Crippen molar-refractivity contribution in [3.8, 4) is 0 Å². The molecule has 1 saturated heterocycles. The normalized spacial score (nSPS) is 30.2. The summed E-state index contributed by atoms with van der Waals surface area (Å²) in [6, 6.07) is 9.07. The lowest BCUT2D eigenvalue weighted by molar-refractivity contribution is -0.0365. The molecule has 2 unspecified atom stereocenters. The van der Waals surface area contributed by atoms with E-state index in [1.54, 1.807) is 12.1 Å². The lowest BCUT2D eigenvalue weighted by atomic mass is 9.77. The number of nitrogens with zero attached hydrogens (tertiary/aromatic N) is 1. The smallest absolute Gasteiger partial charge is 0.194 e. The van der Waals surface area contributed by atoms with E-state index >= 15 is 0 Å². The second kappa shape index (κ2) is 4.59. The molecule has 2 atom stereocenters. The monoisotopic (exact) mass is 233 g/mol. The fourth-order valence-electron chi connectivity index (χ4n) is 2.49. The average molecular weight is 233 g/mol. The fourth-order valence-corrected chi connectivity index (χ4v) is 2.49. The molecule has 0 aliphatic carbocycles. The Morgan fingerprint density at radius 2 is 2.06 bits per heavy atom. The topological polar surface area (TPSA) is 40.5 Å². The molecular weight excluding hydrogens is 214 g/mol. The minimum atomic E-state index is -1.20. The molecule has 1 aromatic carbocycles. The predicted molar refractivity (Wildman–Crippen MR) is 67.0 cm³/mol. The molecule has 0 saturated carbocycles. The van der Waals surface area contributed by atoms with E-state index in [0.29, 0.717) is 12.0 Å². The van der Waals surface area contributed by atoms with Crippen LogP contribution in [0, 0.1) is 5.92 Å². The van der Waals surface area contributed by atoms with Crippen LogP contribution in [-0.2, 0) is 0 Å². The standard InChI is InChI=1S/C14H19NO2/c1-11-10-15(2)9-8-14(11,17)13(16)12-6-4-3-5-7-12/h3-7,11,17H,8-10H2,1-2H3. The van der Waals surface area contributed by atoms with Crippen LogP contribution in [0.5, 0.6) is 0 Å². The summed E-state index contributed by atoms with van der Waals surface area (Å²) in [6.07, 6.45) is 0.512. The van der Waals surface area contributed by atoms with Gasteiger partial charge in [0.2, 0.25) is 0 Å². The number of carbonyl (C=O) groups is 1. The van der Waals surface area contributed by atoms with Crippen LogP contribution in [0.4, 0.5) is 0 Å². The molecule has 3 nitrogen and oxygen atoms in total. The first-order valence-corrected chi connectivity index (χ1v) is 6.05. The Kier molecular flexibility index (Phi) is 3.31. The number of piperidine rings is 1. The summed E-state index contributed by atoms with van der Waals surface area (Å²) in [6.45, 7) is 3.46. The van der Waals surface area contributed by atoms with Crippen molar-refractivity contribution in [2.24, 2.45) is 5.92 Å². The summed E-state index contributed by atoms with van der Waals surface area (Å²) in [5.41, 5.74) is -0.597. The summed E-state index contributed by atoms with van der Waals surface area (Å²) in [4.78, 5) is 14.5. The highest BCUT2D eigenvalue weighted by Crippen LogP contribution is 2.30. The molecule has 0 radical (unpaired) electrons. The van der Waals surface area contributed by atoms with Crippen LogP contribution in [0.1, 0.15) is 23.7 Å². The van der Waals surface area contributed by atoms with Gasteiger partial charge in [0.25, 0.3) is 0 Å². The van der Waals surface area contributed by atoms with Gasteiger partial charge in [-0.15, -0.1) is 0 Å². The number of benzene rings is 1. The third-order valence-electron chi connectivity index (χ3n) is 3.70. The summed E-state index contributed by atoms with van der Waals surface area (Å²) in [5, 5.41) is 10.6. The molecule has 1 aliphatic heterocycles. The van der Waals surface area contributed by atoms with Crippen molar-refractivity contribution in [1.82, 2.24) is 4.90 Å². The minimum absolute atomic E-state index is 0.0334. The molecule has 1 heterocycles. The van der Waals surface area contributed by atoms with E-state index in [-0.39, 0.29) is 11.7 Å². The van der Waals surface area contributed by atoms with E-state index in [1.807, 2.05) is 32.2 Å². The Morgan fingerprint density at radius 1 is 1.41 bits per heavy atom. The van der Waals surface area contributed by atoms with Crippen molar-refractivity contribution >= 4 is 5.78 Å². The van der Waals surface area contributed by atoms with E-state index < -0.39 is 5.60 Å². The molecule has 3 heteroatoms. The molecule has 2 rings (SSSR count). The van der Waals surface area contributed by atoms with Crippen LogP contribution in [0.25, 0.3) is 0 Å². The van der Waals surface area contributed by atoms with E-state index in [1.165, 1.54) is 0 Å². The largest absolute Gasteiger partial charge is 0.381 e. The maximum absolute atomic E-state index is 12.4. The second-order valence-corrected chi connectivity index (χ2v) is 5.03. The number of rotatable bonds is 2. The van der Waals surface area contributed by atoms with Crippen molar-refractivity contribution in [2.75, 3.05) is 20.1 Å². The Balaban J connectivity index is 2.24. The van der Waals surface area contributed by atoms with Crippen LogP contribution < -0.4 is 0 Å². The molecule has 1 fully saturated rings. The van der Waals surface area contributed by atoms with E-state index in [0.717, 1.165) is 13.1 Å². The summed E-state index contributed by atoms with van der Waals surface area (Å²) < 4.78 is 0. The number of hydrogen-bond donors (Lipinski definition) is 1. The first kappa shape index (κ1) is 12.3. The number of aliphatic hydroxyl groups is 1. The van der Waals surface area contributed by atoms with Gasteiger partial charge in [0.15, 0.2) is 5.78 Å². The van der Waals surface area contributed by atoms with Gasteiger partial charge in [0, 0.05) is 24.6 Å². The van der Waals surface area contributed by atoms with Crippen molar-refractivity contribution in [3.05, 3.63) is 35.9 Å². The van der Waals surface area contributed by atoms with Crippen LogP contribution in [0.2, 0.25) is 0 Å². The number of Topliss-reactive ketones (excluding diaryl/α,β-unsaturated/α-hetero) is 1. The Bertz CT molecular complexity index is 404. The predicted octanol–water partition coefficient (Wildman–Crippen LogP) is 1.57. The van der Waals surface area contributed by atoms with E-state index in [9.17, 15) is 9.90 Å². The zero-order valence-corrected chi connectivity index (χ0v) is 10.4. The molecule has 0 bridgehead atoms. The van der Waals surface area contributed by atoms with Crippen LogP contribution >= 0.6 is 0 Å². The highest BCUT2D eigenvalue weighted by atomic mass is 16.3. The van der Waals surface area contributed by atoms with Gasteiger partial charge in [0.05, 0.1) is 0 Å². The number of ketones is 1. The molecule has 0 spiro atoms. The van der Waals surface area contributed by atoms with Crippen LogP contribution in [0.3, 0.4) is 0 Å². The summed E-state index contributed by atoms with van der Waals surface area (Å²) in [7, 11) is 2.02. The molecule has 1 N–H and O–H groups in total.